The molecule has 1 aliphatic heterocycles. The highest BCUT2D eigenvalue weighted by Gasteiger charge is 2.27. The minimum Gasteiger partial charge on any atom is -0.384 e. The molecule has 0 spiro atoms. The van der Waals surface area contributed by atoms with Crippen LogP contribution in [0.3, 0.4) is 0 Å². The van der Waals surface area contributed by atoms with Gasteiger partial charge in [0, 0.05) is 36.6 Å². The van der Waals surface area contributed by atoms with Crippen LogP contribution in [0.4, 0.5) is 0 Å². The Labute approximate surface area is 114 Å². The number of hydrogen-bond donors (Lipinski definition) is 1. The van der Waals surface area contributed by atoms with Gasteiger partial charge in [-0.15, -0.1) is 12.6 Å². The molecule has 0 aliphatic carbocycles. The lowest BCUT2D eigenvalue weighted by molar-refractivity contribution is 0.0774. The highest BCUT2D eigenvalue weighted by Crippen LogP contribution is 2.21. The number of carbonyl (C=O) groups excluding carboxylic acids is 1. The average molecular weight is 265 g/mol. The fourth-order valence-corrected chi connectivity index (χ4v) is 2.60. The molecule has 1 heterocycles. The van der Waals surface area contributed by atoms with E-state index in [1.165, 1.54) is 0 Å². The van der Waals surface area contributed by atoms with Gasteiger partial charge in [0.15, 0.2) is 0 Å². The van der Waals surface area contributed by atoms with Crippen LogP contribution in [0.25, 0.3) is 0 Å². The van der Waals surface area contributed by atoms with Crippen LogP contribution in [0.5, 0.6) is 0 Å². The standard InChI is InChI=1S/C14H19NO2S/c1-10-3-4-12(18)7-13(10)14(16)15-6-5-11(8-15)9-17-2/h3-4,7,11,18H,5-6,8-9H2,1-2H3. The molecule has 0 N–H and O–H groups in total. The second kappa shape index (κ2) is 5.76. The van der Waals surface area contributed by atoms with E-state index in [1.807, 2.05) is 30.0 Å². The zero-order valence-corrected chi connectivity index (χ0v) is 11.7. The van der Waals surface area contributed by atoms with Gasteiger partial charge in [0.1, 0.15) is 0 Å². The number of nitrogens with zero attached hydrogens (tertiary/aromatic N) is 1. The van der Waals surface area contributed by atoms with Crippen molar-refractivity contribution in [3.63, 3.8) is 0 Å². The van der Waals surface area contributed by atoms with Crippen LogP contribution < -0.4 is 0 Å². The van der Waals surface area contributed by atoms with Crippen molar-refractivity contribution >= 4 is 18.5 Å². The topological polar surface area (TPSA) is 29.5 Å². The third-order valence-corrected chi connectivity index (χ3v) is 3.71. The van der Waals surface area contributed by atoms with Crippen LogP contribution in [0, 0.1) is 12.8 Å². The summed E-state index contributed by atoms with van der Waals surface area (Å²) in [6.45, 7) is 4.31. The van der Waals surface area contributed by atoms with Crippen molar-refractivity contribution in [3.8, 4) is 0 Å². The van der Waals surface area contributed by atoms with Gasteiger partial charge in [0.25, 0.3) is 5.91 Å². The normalized spacial score (nSPS) is 19.3. The quantitative estimate of drug-likeness (QED) is 0.850. The van der Waals surface area contributed by atoms with Gasteiger partial charge in [-0.3, -0.25) is 4.79 Å². The number of thiol groups is 1. The molecule has 0 saturated carbocycles. The molecular formula is C14H19NO2S. The van der Waals surface area contributed by atoms with Gasteiger partial charge in [-0.2, -0.15) is 0 Å². The number of benzene rings is 1. The van der Waals surface area contributed by atoms with Crippen molar-refractivity contribution in [1.29, 1.82) is 0 Å². The first-order valence-corrected chi connectivity index (χ1v) is 6.64. The molecule has 0 bridgehead atoms. The summed E-state index contributed by atoms with van der Waals surface area (Å²) in [5, 5.41) is 0. The first kappa shape index (κ1) is 13.4. The Kier molecular flexibility index (Phi) is 4.30. The minimum absolute atomic E-state index is 0.113. The van der Waals surface area contributed by atoms with Crippen LogP contribution in [0.1, 0.15) is 22.3 Å². The summed E-state index contributed by atoms with van der Waals surface area (Å²) in [5.41, 5.74) is 1.77. The Morgan fingerprint density at radius 1 is 1.56 bits per heavy atom. The maximum atomic E-state index is 12.4. The van der Waals surface area contributed by atoms with Gasteiger partial charge in [0.2, 0.25) is 0 Å². The zero-order chi connectivity index (χ0) is 13.1. The van der Waals surface area contributed by atoms with Crippen molar-refractivity contribution in [2.45, 2.75) is 18.2 Å². The summed E-state index contributed by atoms with van der Waals surface area (Å²) in [7, 11) is 1.71. The molecule has 3 nitrogen and oxygen atoms in total. The van der Waals surface area contributed by atoms with Crippen molar-refractivity contribution < 1.29 is 9.53 Å². The molecule has 18 heavy (non-hydrogen) atoms. The maximum Gasteiger partial charge on any atom is 0.254 e. The molecule has 4 heteroatoms. The third kappa shape index (κ3) is 2.87. The summed E-state index contributed by atoms with van der Waals surface area (Å²) in [6, 6.07) is 5.70. The first-order chi connectivity index (χ1) is 8.61. The molecular weight excluding hydrogens is 246 g/mol. The Balaban J connectivity index is 2.10. The lowest BCUT2D eigenvalue weighted by Crippen LogP contribution is -2.29. The fourth-order valence-electron chi connectivity index (χ4n) is 2.40. The minimum atomic E-state index is 0.113. The van der Waals surface area contributed by atoms with Crippen molar-refractivity contribution in [3.05, 3.63) is 29.3 Å². The third-order valence-electron chi connectivity index (χ3n) is 3.43. The molecule has 1 amide bonds. The van der Waals surface area contributed by atoms with E-state index in [9.17, 15) is 4.79 Å². The first-order valence-electron chi connectivity index (χ1n) is 6.19. The molecule has 1 unspecified atom stereocenters. The Bertz CT molecular complexity index is 447. The largest absolute Gasteiger partial charge is 0.384 e. The van der Waals surface area contributed by atoms with Crippen LogP contribution >= 0.6 is 12.6 Å². The highest BCUT2D eigenvalue weighted by molar-refractivity contribution is 7.80. The van der Waals surface area contributed by atoms with Crippen molar-refractivity contribution in [2.75, 3.05) is 26.8 Å². The Hall–Kier alpha value is -1.00. The zero-order valence-electron chi connectivity index (χ0n) is 10.8. The van der Waals surface area contributed by atoms with E-state index < -0.39 is 0 Å². The number of aryl methyl sites for hydroxylation is 1. The molecule has 1 aromatic rings. The number of rotatable bonds is 3. The van der Waals surface area contributed by atoms with E-state index in [0.29, 0.717) is 5.92 Å². The van der Waals surface area contributed by atoms with Gasteiger partial charge < -0.3 is 9.64 Å². The molecule has 1 aliphatic rings. The fraction of sp³-hybridized carbons (Fsp3) is 0.500. The van der Waals surface area contributed by atoms with Gasteiger partial charge in [-0.1, -0.05) is 6.07 Å². The summed E-state index contributed by atoms with van der Waals surface area (Å²) in [6.07, 6.45) is 1.03. The van der Waals surface area contributed by atoms with E-state index in [0.717, 1.165) is 42.1 Å². The Morgan fingerprint density at radius 3 is 3.06 bits per heavy atom. The van der Waals surface area contributed by atoms with E-state index in [2.05, 4.69) is 12.6 Å². The monoisotopic (exact) mass is 265 g/mol. The van der Waals surface area contributed by atoms with Crippen LogP contribution in [0.15, 0.2) is 23.1 Å². The second-order valence-electron chi connectivity index (χ2n) is 4.86. The van der Waals surface area contributed by atoms with E-state index in [4.69, 9.17) is 4.74 Å². The summed E-state index contributed by atoms with van der Waals surface area (Å²) in [4.78, 5) is 15.2. The van der Waals surface area contributed by atoms with Gasteiger partial charge in [-0.05, 0) is 31.0 Å². The second-order valence-corrected chi connectivity index (χ2v) is 5.38. The summed E-state index contributed by atoms with van der Waals surface area (Å²) in [5.74, 6) is 0.584. The number of likely N-dealkylation sites (tertiary alicyclic amines) is 1. The van der Waals surface area contributed by atoms with Crippen LogP contribution in [0.2, 0.25) is 0 Å². The van der Waals surface area contributed by atoms with Gasteiger partial charge >= 0.3 is 0 Å². The molecule has 1 aromatic carbocycles. The van der Waals surface area contributed by atoms with Gasteiger partial charge in [0.05, 0.1) is 6.61 Å². The molecule has 1 atom stereocenters. The molecule has 1 fully saturated rings. The predicted molar refractivity (Wildman–Crippen MR) is 74.3 cm³/mol. The number of amides is 1. The van der Waals surface area contributed by atoms with Crippen LogP contribution in [-0.4, -0.2) is 37.6 Å². The smallest absolute Gasteiger partial charge is 0.254 e. The molecule has 2 rings (SSSR count). The number of methoxy groups -OCH3 is 1. The number of hydrogen-bond acceptors (Lipinski definition) is 3. The highest BCUT2D eigenvalue weighted by atomic mass is 32.1. The lowest BCUT2D eigenvalue weighted by Gasteiger charge is -2.18. The molecule has 1 saturated heterocycles. The molecule has 0 aromatic heterocycles. The predicted octanol–water partition coefficient (Wildman–Crippen LogP) is 2.39. The SMILES string of the molecule is COCC1CCN(C(=O)c2cc(S)ccc2C)C1. The number of carbonyl (C=O) groups is 1. The lowest BCUT2D eigenvalue weighted by atomic mass is 10.1. The van der Waals surface area contributed by atoms with Crippen molar-refractivity contribution in [1.82, 2.24) is 4.90 Å². The Morgan fingerprint density at radius 2 is 2.33 bits per heavy atom. The molecule has 98 valence electrons. The van der Waals surface area contributed by atoms with E-state index in [1.54, 1.807) is 7.11 Å². The summed E-state index contributed by atoms with van der Waals surface area (Å²) < 4.78 is 5.15. The number of ether oxygens (including phenoxy) is 1. The van der Waals surface area contributed by atoms with Crippen molar-refractivity contribution in [2.24, 2.45) is 5.92 Å². The van der Waals surface area contributed by atoms with E-state index in [-0.39, 0.29) is 5.91 Å². The molecule has 0 radical (unpaired) electrons. The van der Waals surface area contributed by atoms with Crippen LogP contribution in [-0.2, 0) is 4.74 Å². The average Bonchev–Trinajstić information content (AvgIpc) is 2.80. The van der Waals surface area contributed by atoms with E-state index >= 15 is 0 Å². The summed E-state index contributed by atoms with van der Waals surface area (Å²) >= 11 is 4.30. The van der Waals surface area contributed by atoms with Gasteiger partial charge in [-0.25, -0.2) is 0 Å². The maximum absolute atomic E-state index is 12.4.